The highest BCUT2D eigenvalue weighted by atomic mass is 16.4. The Bertz CT molecular complexity index is 530. The van der Waals surface area contributed by atoms with Crippen LogP contribution in [0.1, 0.15) is 35.1 Å². The summed E-state index contributed by atoms with van der Waals surface area (Å²) >= 11 is 0. The number of carbonyl (C=O) groups excluding carboxylic acids is 1. The molecule has 0 aliphatic carbocycles. The fourth-order valence-corrected chi connectivity index (χ4v) is 2.86. The van der Waals surface area contributed by atoms with Crippen LogP contribution in [0.25, 0.3) is 0 Å². The molecule has 1 atom stereocenters. The summed E-state index contributed by atoms with van der Waals surface area (Å²) in [6.45, 7) is 8.51. The number of aryl methyl sites for hydroxylation is 2. The van der Waals surface area contributed by atoms with Gasteiger partial charge >= 0.3 is 5.97 Å². The van der Waals surface area contributed by atoms with Crippen molar-refractivity contribution in [2.75, 3.05) is 26.2 Å². The second kappa shape index (κ2) is 6.30. The maximum absolute atomic E-state index is 12.5. The number of hydrogen-bond acceptors (Lipinski definition) is 3. The third-order valence-electron chi connectivity index (χ3n) is 4.07. The molecule has 2 rings (SSSR count). The number of amides is 1. The van der Waals surface area contributed by atoms with Crippen LogP contribution in [0.2, 0.25) is 0 Å². The molecule has 0 aromatic carbocycles. The van der Waals surface area contributed by atoms with E-state index < -0.39 is 5.97 Å². The largest absolute Gasteiger partial charge is 0.481 e. The molecule has 1 unspecified atom stereocenters. The van der Waals surface area contributed by atoms with E-state index in [0.29, 0.717) is 13.1 Å². The third kappa shape index (κ3) is 3.64. The molecule has 2 N–H and O–H groups in total. The van der Waals surface area contributed by atoms with Crippen LogP contribution in [0.4, 0.5) is 0 Å². The van der Waals surface area contributed by atoms with Crippen LogP contribution in [0.15, 0.2) is 6.07 Å². The Labute approximate surface area is 124 Å². The lowest BCUT2D eigenvalue weighted by atomic mass is 10.1. The van der Waals surface area contributed by atoms with E-state index in [9.17, 15) is 9.59 Å². The lowest BCUT2D eigenvalue weighted by Crippen LogP contribution is -2.51. The predicted octanol–water partition coefficient (Wildman–Crippen LogP) is 1.25. The van der Waals surface area contributed by atoms with Crippen LogP contribution in [0.5, 0.6) is 0 Å². The maximum Gasteiger partial charge on any atom is 0.304 e. The molecular formula is C15H23N3O3. The van der Waals surface area contributed by atoms with E-state index in [-0.39, 0.29) is 18.4 Å². The molecule has 0 spiro atoms. The van der Waals surface area contributed by atoms with Crippen molar-refractivity contribution in [3.8, 4) is 0 Å². The van der Waals surface area contributed by atoms with Gasteiger partial charge in [-0.1, -0.05) is 0 Å². The summed E-state index contributed by atoms with van der Waals surface area (Å²) in [7, 11) is 0. The van der Waals surface area contributed by atoms with Crippen molar-refractivity contribution < 1.29 is 14.7 Å². The second-order valence-corrected chi connectivity index (χ2v) is 5.77. The Hall–Kier alpha value is -1.82. The van der Waals surface area contributed by atoms with Crippen LogP contribution < -0.4 is 0 Å². The fourth-order valence-electron chi connectivity index (χ4n) is 2.86. The highest BCUT2D eigenvalue weighted by Gasteiger charge is 2.26. The Morgan fingerprint density at radius 2 is 1.90 bits per heavy atom. The van der Waals surface area contributed by atoms with Crippen molar-refractivity contribution in [2.24, 2.45) is 0 Å². The molecule has 6 nitrogen and oxygen atoms in total. The molecule has 2 heterocycles. The van der Waals surface area contributed by atoms with Gasteiger partial charge in [0.25, 0.3) is 5.91 Å². The number of carboxylic acid groups (broad SMARTS) is 1. The van der Waals surface area contributed by atoms with E-state index in [1.807, 2.05) is 31.7 Å². The Morgan fingerprint density at radius 1 is 1.29 bits per heavy atom. The van der Waals surface area contributed by atoms with Gasteiger partial charge in [-0.3, -0.25) is 14.5 Å². The Morgan fingerprint density at radius 3 is 2.38 bits per heavy atom. The zero-order chi connectivity index (χ0) is 15.6. The molecular weight excluding hydrogens is 270 g/mol. The number of aromatic amines is 1. The molecule has 1 aromatic heterocycles. The molecule has 1 amide bonds. The monoisotopic (exact) mass is 293 g/mol. The van der Waals surface area contributed by atoms with E-state index in [4.69, 9.17) is 5.11 Å². The van der Waals surface area contributed by atoms with Gasteiger partial charge in [0.05, 0.1) is 12.0 Å². The molecule has 21 heavy (non-hydrogen) atoms. The highest BCUT2D eigenvalue weighted by molar-refractivity contribution is 5.95. The molecule has 0 saturated carbocycles. The van der Waals surface area contributed by atoms with Crippen LogP contribution in [-0.2, 0) is 4.79 Å². The van der Waals surface area contributed by atoms with E-state index in [1.165, 1.54) is 0 Å². The van der Waals surface area contributed by atoms with E-state index >= 15 is 0 Å². The van der Waals surface area contributed by atoms with Gasteiger partial charge in [-0.25, -0.2) is 0 Å². The second-order valence-electron chi connectivity index (χ2n) is 5.77. The Kier molecular flexibility index (Phi) is 4.67. The number of rotatable bonds is 4. The summed E-state index contributed by atoms with van der Waals surface area (Å²) in [5.41, 5.74) is 2.63. The quantitative estimate of drug-likeness (QED) is 0.876. The summed E-state index contributed by atoms with van der Waals surface area (Å²) in [5.74, 6) is -0.721. The molecule has 1 aromatic rings. The normalized spacial score (nSPS) is 17.8. The zero-order valence-corrected chi connectivity index (χ0v) is 12.8. The number of carbonyl (C=O) groups is 2. The van der Waals surface area contributed by atoms with Crippen molar-refractivity contribution in [3.05, 3.63) is 23.0 Å². The molecule has 0 bridgehead atoms. The topological polar surface area (TPSA) is 76.6 Å². The van der Waals surface area contributed by atoms with Crippen LogP contribution in [-0.4, -0.2) is 64.0 Å². The smallest absolute Gasteiger partial charge is 0.304 e. The first-order chi connectivity index (χ1) is 9.88. The number of aromatic nitrogens is 1. The van der Waals surface area contributed by atoms with Gasteiger partial charge < -0.3 is 15.0 Å². The van der Waals surface area contributed by atoms with E-state index in [2.05, 4.69) is 9.88 Å². The SMILES string of the molecule is Cc1cc(C(=O)N2CCN(C(C)CC(=O)O)CC2)c(C)[nH]1. The van der Waals surface area contributed by atoms with Crippen LogP contribution >= 0.6 is 0 Å². The zero-order valence-electron chi connectivity index (χ0n) is 12.8. The van der Waals surface area contributed by atoms with Gasteiger partial charge in [0.2, 0.25) is 0 Å². The molecule has 0 radical (unpaired) electrons. The molecule has 1 fully saturated rings. The molecule has 1 aliphatic rings. The van der Waals surface area contributed by atoms with E-state index in [1.54, 1.807) is 0 Å². The minimum absolute atomic E-state index is 0.0102. The van der Waals surface area contributed by atoms with Crippen LogP contribution in [0.3, 0.4) is 0 Å². The first kappa shape index (κ1) is 15.6. The average molecular weight is 293 g/mol. The number of piperazine rings is 1. The minimum Gasteiger partial charge on any atom is -0.481 e. The number of carboxylic acids is 1. The van der Waals surface area contributed by atoms with Crippen molar-refractivity contribution >= 4 is 11.9 Å². The molecule has 1 aliphatic heterocycles. The van der Waals surface area contributed by atoms with Gasteiger partial charge in [-0.05, 0) is 26.8 Å². The van der Waals surface area contributed by atoms with Gasteiger partial charge in [0, 0.05) is 43.6 Å². The van der Waals surface area contributed by atoms with E-state index in [0.717, 1.165) is 30.0 Å². The highest BCUT2D eigenvalue weighted by Crippen LogP contribution is 2.15. The summed E-state index contributed by atoms with van der Waals surface area (Å²) < 4.78 is 0. The van der Waals surface area contributed by atoms with Gasteiger partial charge in [0.15, 0.2) is 0 Å². The van der Waals surface area contributed by atoms with Crippen LogP contribution in [0, 0.1) is 13.8 Å². The first-order valence-electron chi connectivity index (χ1n) is 7.30. The molecule has 116 valence electrons. The summed E-state index contributed by atoms with van der Waals surface area (Å²) in [6, 6.07) is 1.90. The fraction of sp³-hybridized carbons (Fsp3) is 0.600. The number of aliphatic carboxylic acids is 1. The predicted molar refractivity (Wildman–Crippen MR) is 79.5 cm³/mol. The third-order valence-corrected chi connectivity index (χ3v) is 4.07. The lowest BCUT2D eigenvalue weighted by molar-refractivity contribution is -0.138. The maximum atomic E-state index is 12.5. The van der Waals surface area contributed by atoms with Crippen molar-refractivity contribution in [1.82, 2.24) is 14.8 Å². The van der Waals surface area contributed by atoms with Crippen molar-refractivity contribution in [2.45, 2.75) is 33.2 Å². The average Bonchev–Trinajstić information content (AvgIpc) is 2.76. The summed E-state index contributed by atoms with van der Waals surface area (Å²) in [5, 5.41) is 8.84. The molecule has 1 saturated heterocycles. The number of nitrogens with zero attached hydrogens (tertiary/aromatic N) is 2. The van der Waals surface area contributed by atoms with Crippen molar-refractivity contribution in [3.63, 3.8) is 0 Å². The first-order valence-corrected chi connectivity index (χ1v) is 7.30. The number of nitrogens with one attached hydrogen (secondary N) is 1. The summed E-state index contributed by atoms with van der Waals surface area (Å²) in [6.07, 6.45) is 0.143. The molecule has 6 heteroatoms. The lowest BCUT2D eigenvalue weighted by Gasteiger charge is -2.37. The minimum atomic E-state index is -0.778. The van der Waals surface area contributed by atoms with Gasteiger partial charge in [-0.2, -0.15) is 0 Å². The number of H-pyrrole nitrogens is 1. The standard InChI is InChI=1S/C15H23N3O3/c1-10-8-13(12(3)16-10)15(21)18-6-4-17(5-7-18)11(2)9-14(19)20/h8,11,16H,4-7,9H2,1-3H3,(H,19,20). The van der Waals surface area contributed by atoms with Gasteiger partial charge in [0.1, 0.15) is 0 Å². The summed E-state index contributed by atoms with van der Waals surface area (Å²) in [4.78, 5) is 30.4. The Balaban J connectivity index is 1.93. The van der Waals surface area contributed by atoms with Crippen molar-refractivity contribution in [1.29, 1.82) is 0 Å². The van der Waals surface area contributed by atoms with Gasteiger partial charge in [-0.15, -0.1) is 0 Å². The number of hydrogen-bond donors (Lipinski definition) is 2.